The van der Waals surface area contributed by atoms with E-state index in [4.69, 9.17) is 14.4 Å². The summed E-state index contributed by atoms with van der Waals surface area (Å²) in [5.41, 5.74) is 1.17. The quantitative estimate of drug-likeness (QED) is 0.885. The van der Waals surface area contributed by atoms with Crippen molar-refractivity contribution in [1.82, 2.24) is 5.16 Å². The molecule has 0 fully saturated rings. The summed E-state index contributed by atoms with van der Waals surface area (Å²) in [6.07, 6.45) is 0. The minimum Gasteiger partial charge on any atom is -0.485 e. The standard InChI is InChI=1S/C12H12FNO3/c1-8-4-11(17-14-8)7-16-12-3-2-10(13)5-9(12)6-15/h2-5,15H,6-7H2,1H3. The van der Waals surface area contributed by atoms with E-state index >= 15 is 0 Å². The number of ether oxygens (including phenoxy) is 1. The van der Waals surface area contributed by atoms with Gasteiger partial charge in [0, 0.05) is 11.6 Å². The van der Waals surface area contributed by atoms with Gasteiger partial charge in [0.25, 0.3) is 0 Å². The number of aromatic nitrogens is 1. The normalized spacial score (nSPS) is 10.5. The second-order valence-electron chi connectivity index (χ2n) is 3.63. The summed E-state index contributed by atoms with van der Waals surface area (Å²) in [7, 11) is 0. The number of rotatable bonds is 4. The summed E-state index contributed by atoms with van der Waals surface area (Å²) in [5.74, 6) is 0.607. The van der Waals surface area contributed by atoms with Crippen LogP contribution >= 0.6 is 0 Å². The lowest BCUT2D eigenvalue weighted by molar-refractivity contribution is 0.233. The van der Waals surface area contributed by atoms with Gasteiger partial charge in [-0.05, 0) is 25.1 Å². The van der Waals surface area contributed by atoms with Crippen LogP contribution in [0.4, 0.5) is 4.39 Å². The van der Waals surface area contributed by atoms with Crippen molar-refractivity contribution < 1.29 is 18.8 Å². The highest BCUT2D eigenvalue weighted by atomic mass is 19.1. The van der Waals surface area contributed by atoms with Gasteiger partial charge in [0.05, 0.1) is 12.3 Å². The van der Waals surface area contributed by atoms with E-state index in [0.29, 0.717) is 17.1 Å². The molecule has 5 heteroatoms. The van der Waals surface area contributed by atoms with Gasteiger partial charge in [-0.1, -0.05) is 5.16 Å². The summed E-state index contributed by atoms with van der Waals surface area (Å²) in [6.45, 7) is 1.73. The average molecular weight is 237 g/mol. The van der Waals surface area contributed by atoms with E-state index in [0.717, 1.165) is 5.69 Å². The summed E-state index contributed by atoms with van der Waals surface area (Å²) in [6, 6.07) is 5.74. The molecule has 1 aromatic carbocycles. The van der Waals surface area contributed by atoms with Crippen molar-refractivity contribution >= 4 is 0 Å². The number of aryl methyl sites for hydroxylation is 1. The van der Waals surface area contributed by atoms with Crippen molar-refractivity contribution in [3.8, 4) is 5.75 Å². The van der Waals surface area contributed by atoms with Crippen LogP contribution in [0.15, 0.2) is 28.8 Å². The molecule has 17 heavy (non-hydrogen) atoms. The first-order chi connectivity index (χ1) is 8.19. The van der Waals surface area contributed by atoms with Crippen LogP contribution in [0.2, 0.25) is 0 Å². The summed E-state index contributed by atoms with van der Waals surface area (Å²) in [4.78, 5) is 0. The molecule has 1 N–H and O–H groups in total. The molecule has 4 nitrogen and oxygen atoms in total. The molecule has 0 bridgehead atoms. The zero-order chi connectivity index (χ0) is 12.3. The Balaban J connectivity index is 2.08. The summed E-state index contributed by atoms with van der Waals surface area (Å²) >= 11 is 0. The zero-order valence-corrected chi connectivity index (χ0v) is 9.31. The highest BCUT2D eigenvalue weighted by Gasteiger charge is 2.07. The summed E-state index contributed by atoms with van der Waals surface area (Å²) < 4.78 is 23.3. The topological polar surface area (TPSA) is 55.5 Å². The van der Waals surface area contributed by atoms with Crippen LogP contribution in [0.5, 0.6) is 5.75 Å². The van der Waals surface area contributed by atoms with Crippen LogP contribution in [0.3, 0.4) is 0 Å². The molecule has 2 aromatic rings. The molecule has 2 rings (SSSR count). The molecule has 1 aromatic heterocycles. The van der Waals surface area contributed by atoms with Gasteiger partial charge in [0.2, 0.25) is 0 Å². The molecular weight excluding hydrogens is 225 g/mol. The lowest BCUT2D eigenvalue weighted by atomic mass is 10.2. The van der Waals surface area contributed by atoms with Crippen molar-refractivity contribution in [2.75, 3.05) is 0 Å². The Labute approximate surface area is 97.6 Å². The third-order valence-corrected chi connectivity index (χ3v) is 2.24. The molecule has 90 valence electrons. The maximum absolute atomic E-state index is 12.9. The number of benzene rings is 1. The SMILES string of the molecule is Cc1cc(COc2ccc(F)cc2CO)on1. The number of aliphatic hydroxyl groups is 1. The molecule has 0 amide bonds. The largest absolute Gasteiger partial charge is 0.485 e. The van der Waals surface area contributed by atoms with E-state index in [1.54, 1.807) is 6.07 Å². The van der Waals surface area contributed by atoms with Gasteiger partial charge >= 0.3 is 0 Å². The maximum atomic E-state index is 12.9. The first-order valence-corrected chi connectivity index (χ1v) is 5.13. The Kier molecular flexibility index (Phi) is 3.39. The zero-order valence-electron chi connectivity index (χ0n) is 9.31. The van der Waals surface area contributed by atoms with Gasteiger partial charge in [-0.2, -0.15) is 0 Å². The number of halogens is 1. The molecule has 0 aliphatic heterocycles. The van der Waals surface area contributed by atoms with Crippen LogP contribution in [0, 0.1) is 12.7 Å². The first-order valence-electron chi connectivity index (χ1n) is 5.13. The minimum absolute atomic E-state index is 0.194. The van der Waals surface area contributed by atoms with E-state index in [9.17, 15) is 4.39 Å². The van der Waals surface area contributed by atoms with Crippen molar-refractivity contribution in [3.05, 3.63) is 47.1 Å². The lowest BCUT2D eigenvalue weighted by Gasteiger charge is -2.08. The Morgan fingerprint density at radius 1 is 1.41 bits per heavy atom. The predicted octanol–water partition coefficient (Wildman–Crippen LogP) is 2.19. The van der Waals surface area contributed by atoms with Gasteiger partial charge < -0.3 is 14.4 Å². The molecule has 0 atom stereocenters. The highest BCUT2D eigenvalue weighted by molar-refractivity contribution is 5.33. The van der Waals surface area contributed by atoms with Crippen LogP contribution in [-0.4, -0.2) is 10.3 Å². The molecule has 1 heterocycles. The molecule has 0 aliphatic rings. The van der Waals surface area contributed by atoms with E-state index in [2.05, 4.69) is 5.16 Å². The fourth-order valence-electron chi connectivity index (χ4n) is 1.45. The number of nitrogens with zero attached hydrogens (tertiary/aromatic N) is 1. The molecule has 0 spiro atoms. The molecule has 0 saturated carbocycles. The van der Waals surface area contributed by atoms with Crippen molar-refractivity contribution in [2.45, 2.75) is 20.1 Å². The van der Waals surface area contributed by atoms with Crippen molar-refractivity contribution in [2.24, 2.45) is 0 Å². The van der Waals surface area contributed by atoms with E-state index in [1.807, 2.05) is 6.92 Å². The monoisotopic (exact) mass is 237 g/mol. The van der Waals surface area contributed by atoms with Gasteiger partial charge in [-0.15, -0.1) is 0 Å². The van der Waals surface area contributed by atoms with E-state index in [-0.39, 0.29) is 13.2 Å². The fraction of sp³-hybridized carbons (Fsp3) is 0.250. The Morgan fingerprint density at radius 2 is 2.24 bits per heavy atom. The van der Waals surface area contributed by atoms with Gasteiger partial charge in [-0.25, -0.2) is 4.39 Å². The van der Waals surface area contributed by atoms with Gasteiger partial charge in [-0.3, -0.25) is 0 Å². The van der Waals surface area contributed by atoms with Crippen molar-refractivity contribution in [1.29, 1.82) is 0 Å². The first kappa shape index (κ1) is 11.6. The van der Waals surface area contributed by atoms with Gasteiger partial charge in [0.1, 0.15) is 18.2 Å². The molecule has 0 unspecified atom stereocenters. The third-order valence-electron chi connectivity index (χ3n) is 2.24. The second-order valence-corrected chi connectivity index (χ2v) is 3.63. The minimum atomic E-state index is -0.406. The summed E-state index contributed by atoms with van der Waals surface area (Å²) in [5, 5.41) is 12.8. The van der Waals surface area contributed by atoms with Crippen LogP contribution in [0.25, 0.3) is 0 Å². The molecular formula is C12H12FNO3. The lowest BCUT2D eigenvalue weighted by Crippen LogP contribution is -1.98. The van der Waals surface area contributed by atoms with Gasteiger partial charge in [0.15, 0.2) is 5.76 Å². The third kappa shape index (κ3) is 2.82. The average Bonchev–Trinajstić information content (AvgIpc) is 2.73. The Hall–Kier alpha value is -1.88. The van der Waals surface area contributed by atoms with Crippen molar-refractivity contribution in [3.63, 3.8) is 0 Å². The number of aliphatic hydroxyl groups excluding tert-OH is 1. The number of hydrogen-bond acceptors (Lipinski definition) is 4. The smallest absolute Gasteiger partial charge is 0.174 e. The highest BCUT2D eigenvalue weighted by Crippen LogP contribution is 2.21. The van der Waals surface area contributed by atoms with Crippen LogP contribution in [-0.2, 0) is 13.2 Å². The van der Waals surface area contributed by atoms with E-state index < -0.39 is 5.82 Å². The van der Waals surface area contributed by atoms with Crippen LogP contribution < -0.4 is 4.74 Å². The molecule has 0 radical (unpaired) electrons. The Morgan fingerprint density at radius 3 is 2.88 bits per heavy atom. The fourth-order valence-corrected chi connectivity index (χ4v) is 1.45. The Bertz CT molecular complexity index is 510. The van der Waals surface area contributed by atoms with Crippen LogP contribution in [0.1, 0.15) is 17.0 Å². The maximum Gasteiger partial charge on any atom is 0.174 e. The van der Waals surface area contributed by atoms with E-state index in [1.165, 1.54) is 18.2 Å². The second kappa shape index (κ2) is 4.97. The molecule has 0 saturated heterocycles. The molecule has 0 aliphatic carbocycles. The number of hydrogen-bond donors (Lipinski definition) is 1. The predicted molar refractivity (Wildman–Crippen MR) is 57.9 cm³/mol.